The van der Waals surface area contributed by atoms with Crippen molar-refractivity contribution in [3.63, 3.8) is 0 Å². The Hall–Kier alpha value is -1.52. The zero-order valence-electron chi connectivity index (χ0n) is 10.6. The van der Waals surface area contributed by atoms with Crippen molar-refractivity contribution < 1.29 is 0 Å². The van der Waals surface area contributed by atoms with Crippen LogP contribution in [0.5, 0.6) is 0 Å². The molecule has 0 saturated carbocycles. The van der Waals surface area contributed by atoms with Crippen LogP contribution >= 0.6 is 0 Å². The zero-order valence-corrected chi connectivity index (χ0v) is 10.6. The van der Waals surface area contributed by atoms with Gasteiger partial charge in [0.15, 0.2) is 5.96 Å². The van der Waals surface area contributed by atoms with Gasteiger partial charge in [-0.05, 0) is 24.8 Å². The molecule has 1 aliphatic rings. The van der Waals surface area contributed by atoms with Gasteiger partial charge in [-0.2, -0.15) is 5.10 Å². The predicted molar refractivity (Wildman–Crippen MR) is 68.5 cm³/mol. The quantitative estimate of drug-likeness (QED) is 0.613. The number of aromatic nitrogens is 2. The molecule has 5 nitrogen and oxygen atoms in total. The minimum Gasteiger partial charge on any atom is -0.370 e. The molecule has 1 atom stereocenters. The summed E-state index contributed by atoms with van der Waals surface area (Å²) in [5, 5.41) is 4.11. The Morgan fingerprint density at radius 2 is 2.47 bits per heavy atom. The summed E-state index contributed by atoms with van der Waals surface area (Å²) in [5.74, 6) is 1.38. The first kappa shape index (κ1) is 12.0. The van der Waals surface area contributed by atoms with Gasteiger partial charge in [0.05, 0.1) is 12.2 Å². The van der Waals surface area contributed by atoms with Crippen molar-refractivity contribution in [3.8, 4) is 0 Å². The summed E-state index contributed by atoms with van der Waals surface area (Å²) >= 11 is 0. The van der Waals surface area contributed by atoms with Crippen LogP contribution in [-0.2, 0) is 13.6 Å². The number of guanidine groups is 1. The van der Waals surface area contributed by atoms with Crippen LogP contribution in [0.3, 0.4) is 0 Å². The van der Waals surface area contributed by atoms with Crippen molar-refractivity contribution >= 4 is 5.96 Å². The fraction of sp³-hybridized carbons (Fsp3) is 0.667. The fourth-order valence-electron chi connectivity index (χ4n) is 2.22. The highest BCUT2D eigenvalue weighted by molar-refractivity contribution is 5.78. The summed E-state index contributed by atoms with van der Waals surface area (Å²) in [7, 11) is 1.92. The van der Waals surface area contributed by atoms with E-state index in [1.165, 1.54) is 12.8 Å². The third-order valence-electron chi connectivity index (χ3n) is 3.31. The van der Waals surface area contributed by atoms with Crippen molar-refractivity contribution in [3.05, 3.63) is 18.0 Å². The summed E-state index contributed by atoms with van der Waals surface area (Å²) in [4.78, 5) is 6.63. The second kappa shape index (κ2) is 5.21. The van der Waals surface area contributed by atoms with E-state index in [0.717, 1.165) is 18.8 Å². The average molecular weight is 235 g/mol. The lowest BCUT2D eigenvalue weighted by atomic mass is 10.0. The largest absolute Gasteiger partial charge is 0.370 e. The Labute approximate surface area is 102 Å². The van der Waals surface area contributed by atoms with Crippen molar-refractivity contribution in [2.45, 2.75) is 26.3 Å². The van der Waals surface area contributed by atoms with Gasteiger partial charge in [-0.1, -0.05) is 6.92 Å². The van der Waals surface area contributed by atoms with E-state index < -0.39 is 0 Å². The van der Waals surface area contributed by atoms with Crippen LogP contribution < -0.4 is 5.73 Å². The van der Waals surface area contributed by atoms with Gasteiger partial charge in [0.1, 0.15) is 0 Å². The molecule has 0 aliphatic carbocycles. The molecule has 94 valence electrons. The van der Waals surface area contributed by atoms with Crippen molar-refractivity contribution in [1.29, 1.82) is 0 Å². The van der Waals surface area contributed by atoms with E-state index in [0.29, 0.717) is 18.4 Å². The van der Waals surface area contributed by atoms with E-state index in [4.69, 9.17) is 5.73 Å². The Balaban J connectivity index is 1.95. The topological polar surface area (TPSA) is 59.4 Å². The molecule has 0 aromatic carbocycles. The molecule has 0 amide bonds. The van der Waals surface area contributed by atoms with E-state index in [1.54, 1.807) is 6.20 Å². The number of hydrogen-bond acceptors (Lipinski definition) is 2. The third kappa shape index (κ3) is 2.99. The highest BCUT2D eigenvalue weighted by Crippen LogP contribution is 2.15. The first-order valence-electron chi connectivity index (χ1n) is 6.18. The van der Waals surface area contributed by atoms with Gasteiger partial charge < -0.3 is 10.6 Å². The van der Waals surface area contributed by atoms with Crippen LogP contribution in [0.15, 0.2) is 17.3 Å². The van der Waals surface area contributed by atoms with E-state index in [2.05, 4.69) is 21.9 Å². The normalized spacial score (nSPS) is 21.9. The molecule has 1 saturated heterocycles. The van der Waals surface area contributed by atoms with Crippen LogP contribution in [0, 0.1) is 5.92 Å². The van der Waals surface area contributed by atoms with Crippen LogP contribution in [0.2, 0.25) is 0 Å². The van der Waals surface area contributed by atoms with Gasteiger partial charge in [0, 0.05) is 26.3 Å². The molecular formula is C12H21N5. The molecule has 1 aromatic rings. The lowest BCUT2D eigenvalue weighted by molar-refractivity contribution is 0.270. The zero-order chi connectivity index (χ0) is 12.3. The number of rotatable bonds is 2. The van der Waals surface area contributed by atoms with E-state index in [-0.39, 0.29) is 0 Å². The maximum Gasteiger partial charge on any atom is 0.191 e. The Bertz CT molecular complexity index is 395. The first-order chi connectivity index (χ1) is 8.16. The van der Waals surface area contributed by atoms with Crippen LogP contribution in [0.4, 0.5) is 0 Å². The van der Waals surface area contributed by atoms with Crippen LogP contribution in [-0.4, -0.2) is 33.7 Å². The molecule has 1 aliphatic heterocycles. The molecule has 1 fully saturated rings. The van der Waals surface area contributed by atoms with E-state index in [1.807, 2.05) is 17.8 Å². The number of likely N-dealkylation sites (tertiary alicyclic amines) is 1. The SMILES string of the molecule is CC1CCCN(C(N)=NCc2ccnn2C)C1. The molecule has 2 rings (SSSR count). The van der Waals surface area contributed by atoms with Gasteiger partial charge in [0.25, 0.3) is 0 Å². The minimum absolute atomic E-state index is 0.604. The molecule has 1 aromatic heterocycles. The van der Waals surface area contributed by atoms with Crippen molar-refractivity contribution in [2.24, 2.45) is 23.7 Å². The lowest BCUT2D eigenvalue weighted by Crippen LogP contribution is -2.43. The summed E-state index contributed by atoms with van der Waals surface area (Å²) in [6, 6.07) is 1.97. The molecule has 0 bridgehead atoms. The Kier molecular flexibility index (Phi) is 3.66. The minimum atomic E-state index is 0.604. The second-order valence-electron chi connectivity index (χ2n) is 4.81. The predicted octanol–water partition coefficient (Wildman–Crippen LogP) is 0.967. The van der Waals surface area contributed by atoms with Crippen LogP contribution in [0.1, 0.15) is 25.5 Å². The van der Waals surface area contributed by atoms with Gasteiger partial charge in [-0.25, -0.2) is 4.99 Å². The Morgan fingerprint density at radius 1 is 1.65 bits per heavy atom. The van der Waals surface area contributed by atoms with E-state index in [9.17, 15) is 0 Å². The van der Waals surface area contributed by atoms with Crippen molar-refractivity contribution in [2.75, 3.05) is 13.1 Å². The fourth-order valence-corrected chi connectivity index (χ4v) is 2.22. The molecule has 2 N–H and O–H groups in total. The Morgan fingerprint density at radius 3 is 3.12 bits per heavy atom. The number of nitrogens with two attached hydrogens (primary N) is 1. The summed E-state index contributed by atoms with van der Waals surface area (Å²) < 4.78 is 1.83. The van der Waals surface area contributed by atoms with Gasteiger partial charge in [0.2, 0.25) is 0 Å². The summed E-state index contributed by atoms with van der Waals surface area (Å²) in [6.07, 6.45) is 4.29. The number of aryl methyl sites for hydroxylation is 1. The number of hydrogen-bond donors (Lipinski definition) is 1. The monoisotopic (exact) mass is 235 g/mol. The molecular weight excluding hydrogens is 214 g/mol. The standard InChI is InChI=1S/C12H21N5/c1-10-4-3-7-17(9-10)12(13)14-8-11-5-6-15-16(11)2/h5-6,10H,3-4,7-9H2,1-2H3,(H2,13,14). The molecule has 5 heteroatoms. The average Bonchev–Trinajstić information content (AvgIpc) is 2.72. The first-order valence-corrected chi connectivity index (χ1v) is 6.18. The number of aliphatic imine (C=N–C) groups is 1. The highest BCUT2D eigenvalue weighted by atomic mass is 15.3. The molecule has 0 spiro atoms. The number of nitrogens with zero attached hydrogens (tertiary/aromatic N) is 4. The van der Waals surface area contributed by atoms with Gasteiger partial charge >= 0.3 is 0 Å². The second-order valence-corrected chi connectivity index (χ2v) is 4.81. The maximum absolute atomic E-state index is 6.02. The summed E-state index contributed by atoms with van der Waals surface area (Å²) in [5.41, 5.74) is 7.11. The van der Waals surface area contributed by atoms with Gasteiger partial charge in [-0.3, -0.25) is 4.68 Å². The van der Waals surface area contributed by atoms with Gasteiger partial charge in [-0.15, -0.1) is 0 Å². The molecule has 2 heterocycles. The molecule has 0 radical (unpaired) electrons. The van der Waals surface area contributed by atoms with Crippen LogP contribution in [0.25, 0.3) is 0 Å². The maximum atomic E-state index is 6.02. The smallest absolute Gasteiger partial charge is 0.191 e. The highest BCUT2D eigenvalue weighted by Gasteiger charge is 2.17. The third-order valence-corrected chi connectivity index (χ3v) is 3.31. The molecule has 1 unspecified atom stereocenters. The van der Waals surface area contributed by atoms with Crippen molar-refractivity contribution in [1.82, 2.24) is 14.7 Å². The number of piperidine rings is 1. The lowest BCUT2D eigenvalue weighted by Gasteiger charge is -2.31. The molecule has 17 heavy (non-hydrogen) atoms. The van der Waals surface area contributed by atoms with E-state index >= 15 is 0 Å². The summed E-state index contributed by atoms with van der Waals surface area (Å²) in [6.45, 7) is 4.93.